The molecule has 9 amide bonds. The molecule has 0 aliphatic carbocycles. The summed E-state index contributed by atoms with van der Waals surface area (Å²) in [5.41, 5.74) is 0.712. The summed E-state index contributed by atoms with van der Waals surface area (Å²) in [6.07, 6.45) is 4.10. The second kappa shape index (κ2) is 30.9. The summed E-state index contributed by atoms with van der Waals surface area (Å²) >= 11 is 0. The third-order valence-electron chi connectivity index (χ3n) is 13.5. The molecule has 394 valence electrons. The van der Waals surface area contributed by atoms with Crippen LogP contribution in [-0.4, -0.2) is 108 Å². The van der Waals surface area contributed by atoms with Crippen LogP contribution in [0.15, 0.2) is 30.3 Å². The van der Waals surface area contributed by atoms with Gasteiger partial charge in [-0.1, -0.05) is 132 Å². The molecule has 2 rings (SSSR count). The summed E-state index contributed by atoms with van der Waals surface area (Å²) < 4.78 is 0. The molecule has 1 heterocycles. The van der Waals surface area contributed by atoms with E-state index >= 15 is 0 Å². The topological polar surface area (TPSA) is 262 Å². The molecule has 18 heteroatoms. The van der Waals surface area contributed by atoms with Crippen LogP contribution in [0.25, 0.3) is 0 Å². The molecule has 0 aromatic heterocycles. The van der Waals surface area contributed by atoms with Gasteiger partial charge in [-0.25, -0.2) is 0 Å². The molecule has 1 saturated heterocycles. The monoisotopic (exact) mass is 982 g/mol. The fraction of sp³-hybridized carbons (Fsp3) is 0.712. The first kappa shape index (κ1) is 60.6. The van der Waals surface area contributed by atoms with Crippen LogP contribution in [0.1, 0.15) is 153 Å². The number of benzene rings is 1. The zero-order valence-electron chi connectivity index (χ0n) is 44.1. The number of nitrogens with one attached hydrogen (secondary N) is 9. The van der Waals surface area contributed by atoms with Gasteiger partial charge in [-0.05, 0) is 74.2 Å². The minimum absolute atomic E-state index is 0.0293. The molecule has 0 radical (unpaired) electrons. The average molecular weight is 982 g/mol. The Morgan fingerprint density at radius 1 is 0.500 bits per heavy atom. The summed E-state index contributed by atoms with van der Waals surface area (Å²) in [6.45, 7) is 22.0. The molecule has 70 heavy (non-hydrogen) atoms. The van der Waals surface area contributed by atoms with Crippen molar-refractivity contribution < 1.29 is 43.2 Å². The molecule has 1 fully saturated rings. The Labute approximate surface area is 417 Å². The van der Waals surface area contributed by atoms with Crippen LogP contribution >= 0.6 is 0 Å². The van der Waals surface area contributed by atoms with Crippen LogP contribution in [0.4, 0.5) is 0 Å². The molecule has 1 aromatic rings. The van der Waals surface area contributed by atoms with Crippen molar-refractivity contribution in [1.82, 2.24) is 47.9 Å². The first-order valence-electron chi connectivity index (χ1n) is 25.9. The quantitative estimate of drug-likeness (QED) is 0.0919. The van der Waals surface area contributed by atoms with Crippen molar-refractivity contribution >= 4 is 53.2 Å². The molecule has 0 saturated carbocycles. The van der Waals surface area contributed by atoms with Crippen molar-refractivity contribution in [3.05, 3.63) is 35.9 Å². The van der Waals surface area contributed by atoms with Gasteiger partial charge >= 0.3 is 0 Å². The molecule has 0 spiro atoms. The van der Waals surface area contributed by atoms with Crippen LogP contribution < -0.4 is 47.9 Å². The zero-order chi connectivity index (χ0) is 52.7. The van der Waals surface area contributed by atoms with E-state index in [1.807, 2.05) is 54.5 Å². The van der Waals surface area contributed by atoms with Crippen LogP contribution in [0.5, 0.6) is 0 Å². The molecule has 1 aliphatic heterocycles. The predicted molar refractivity (Wildman–Crippen MR) is 270 cm³/mol. The lowest BCUT2D eigenvalue weighted by molar-refractivity contribution is -0.138. The van der Waals surface area contributed by atoms with Gasteiger partial charge in [-0.15, -0.1) is 0 Å². The first-order chi connectivity index (χ1) is 33.1. The molecular weight excluding hydrogens is 895 g/mol. The zero-order valence-corrected chi connectivity index (χ0v) is 44.1. The minimum atomic E-state index is -1.23. The standard InChI is InChI=1S/C52H87N9O9/c1-13-23-40(62)53-27-22-21-26-37-46(64)59-42(32(9)15-3)51(69)57-39(29-36-24-19-18-20-25-36)47(65)56-38(28-30(6)7)48(66)60-41(31(8)14-2)49(67)54-35(12)45(63)58-44(34(11)17-5)52(70)61-43(33(10)16-4)50(68)55-37/h18-20,24-25,30-35,37-39,41-44H,13-17,21-23,26-29H2,1-12H3,(H,53,62)(H,54,67)(H,55,68)(H,56,65)(H,57,69)(H,58,63)(H,59,64)(H,60,66)(H,61,70)/t31-,32+,33+,34-,35-,37+,38-,39-,41+,42+,43-,44-/m1/s1. The second-order valence-corrected chi connectivity index (χ2v) is 19.8. The predicted octanol–water partition coefficient (Wildman–Crippen LogP) is 3.46. The number of unbranched alkanes of at least 4 members (excludes halogenated alkanes) is 1. The Hall–Kier alpha value is -5.55. The van der Waals surface area contributed by atoms with Gasteiger partial charge in [0.05, 0.1) is 0 Å². The number of amides is 9. The summed E-state index contributed by atoms with van der Waals surface area (Å²) in [6, 6.07) is -0.299. The highest BCUT2D eigenvalue weighted by atomic mass is 16.2. The number of carbonyl (C=O) groups excluding carboxylic acids is 9. The highest BCUT2D eigenvalue weighted by Crippen LogP contribution is 2.17. The summed E-state index contributed by atoms with van der Waals surface area (Å²) in [5.74, 6) is -7.15. The smallest absolute Gasteiger partial charge is 0.243 e. The number of hydrogen-bond donors (Lipinski definition) is 9. The maximum atomic E-state index is 14.6. The average Bonchev–Trinajstić information content (AvgIpc) is 3.33. The van der Waals surface area contributed by atoms with Crippen LogP contribution in [0.3, 0.4) is 0 Å². The Morgan fingerprint density at radius 3 is 1.37 bits per heavy atom. The molecule has 0 bridgehead atoms. The first-order valence-corrected chi connectivity index (χ1v) is 25.9. The van der Waals surface area contributed by atoms with E-state index in [0.29, 0.717) is 63.5 Å². The Balaban J connectivity index is 2.81. The van der Waals surface area contributed by atoms with Gasteiger partial charge in [0.2, 0.25) is 53.2 Å². The molecule has 9 N–H and O–H groups in total. The van der Waals surface area contributed by atoms with Gasteiger partial charge in [0, 0.05) is 19.4 Å². The van der Waals surface area contributed by atoms with E-state index in [-0.39, 0.29) is 31.1 Å². The molecule has 12 atom stereocenters. The van der Waals surface area contributed by atoms with Crippen molar-refractivity contribution in [2.45, 2.75) is 202 Å². The van der Waals surface area contributed by atoms with Crippen molar-refractivity contribution in [2.24, 2.45) is 29.6 Å². The van der Waals surface area contributed by atoms with Gasteiger partial charge in [-0.3, -0.25) is 43.2 Å². The lowest BCUT2D eigenvalue weighted by Gasteiger charge is -2.32. The maximum Gasteiger partial charge on any atom is 0.243 e. The highest BCUT2D eigenvalue weighted by molar-refractivity contribution is 5.99. The molecule has 18 nitrogen and oxygen atoms in total. The van der Waals surface area contributed by atoms with Crippen LogP contribution in [-0.2, 0) is 49.6 Å². The summed E-state index contributed by atoms with van der Waals surface area (Å²) in [7, 11) is 0. The van der Waals surface area contributed by atoms with E-state index < -0.39 is 119 Å². The normalized spacial score (nSPS) is 25.8. The fourth-order valence-electron chi connectivity index (χ4n) is 8.05. The van der Waals surface area contributed by atoms with Crippen molar-refractivity contribution in [3.8, 4) is 0 Å². The lowest BCUT2D eigenvalue weighted by Crippen LogP contribution is -2.63. The number of rotatable bonds is 19. The number of hydrogen-bond acceptors (Lipinski definition) is 9. The van der Waals surface area contributed by atoms with Gasteiger partial charge in [-0.2, -0.15) is 0 Å². The van der Waals surface area contributed by atoms with Crippen molar-refractivity contribution in [1.29, 1.82) is 0 Å². The Bertz CT molecular complexity index is 1880. The van der Waals surface area contributed by atoms with Crippen molar-refractivity contribution in [2.75, 3.05) is 6.54 Å². The van der Waals surface area contributed by atoms with Gasteiger partial charge in [0.1, 0.15) is 48.3 Å². The summed E-state index contributed by atoms with van der Waals surface area (Å²) in [5, 5.41) is 25.5. The third-order valence-corrected chi connectivity index (χ3v) is 13.5. The van der Waals surface area contributed by atoms with E-state index in [2.05, 4.69) is 47.9 Å². The van der Waals surface area contributed by atoms with Gasteiger partial charge in [0.25, 0.3) is 0 Å². The van der Waals surface area contributed by atoms with E-state index in [9.17, 15) is 43.2 Å². The SMILES string of the molecule is CCCC(=O)NCCCC[C@@H]1NC(=O)[C@@H]([C@@H](C)CC)NC(=O)[C@@H]([C@H](C)CC)NC(=O)[C@@H](C)NC(=O)[C@H]([C@H](C)CC)NC(=O)[C@@H](CC(C)C)NC(=O)[C@@H](Cc2ccccc2)NC(=O)[C@H]([C@@H](C)CC)NC1=O. The van der Waals surface area contributed by atoms with Crippen LogP contribution in [0.2, 0.25) is 0 Å². The third kappa shape index (κ3) is 19.7. The van der Waals surface area contributed by atoms with Crippen molar-refractivity contribution in [3.63, 3.8) is 0 Å². The Morgan fingerprint density at radius 2 is 0.900 bits per heavy atom. The fourth-order valence-corrected chi connectivity index (χ4v) is 8.05. The number of carbonyl (C=O) groups is 9. The second-order valence-electron chi connectivity index (χ2n) is 19.8. The van der Waals surface area contributed by atoms with Crippen LogP contribution in [0, 0.1) is 29.6 Å². The van der Waals surface area contributed by atoms with E-state index in [1.54, 1.807) is 52.0 Å². The molecular formula is C52H87N9O9. The minimum Gasteiger partial charge on any atom is -0.356 e. The molecule has 1 aliphatic rings. The van der Waals surface area contributed by atoms with E-state index in [0.717, 1.165) is 0 Å². The van der Waals surface area contributed by atoms with E-state index in [4.69, 9.17) is 0 Å². The summed E-state index contributed by atoms with van der Waals surface area (Å²) in [4.78, 5) is 127. The highest BCUT2D eigenvalue weighted by Gasteiger charge is 2.38. The largest absolute Gasteiger partial charge is 0.356 e. The van der Waals surface area contributed by atoms with E-state index in [1.165, 1.54) is 6.92 Å². The maximum absolute atomic E-state index is 14.6. The Kier molecular flexibility index (Phi) is 26.8. The molecule has 1 aromatic carbocycles. The van der Waals surface area contributed by atoms with Gasteiger partial charge < -0.3 is 47.9 Å². The molecule has 0 unspecified atom stereocenters. The van der Waals surface area contributed by atoms with Gasteiger partial charge in [0.15, 0.2) is 0 Å². The lowest BCUT2D eigenvalue weighted by atomic mass is 9.94.